The Hall–Kier alpha value is -0.610. The zero-order valence-electron chi connectivity index (χ0n) is 12.4. The normalized spacial score (nSPS) is 22.2. The zero-order valence-corrected chi connectivity index (χ0v) is 13.2. The summed E-state index contributed by atoms with van der Waals surface area (Å²) in [4.78, 5) is 9.05. The lowest BCUT2D eigenvalue weighted by Gasteiger charge is -2.19. The van der Waals surface area contributed by atoms with Gasteiger partial charge in [-0.05, 0) is 51.4 Å². The SMILES string of the molecule is CCN(CC1CC1)c1nc(C2CC2)c(CNC2CC2)s1. The summed E-state index contributed by atoms with van der Waals surface area (Å²) in [6.45, 7) is 5.64. The smallest absolute Gasteiger partial charge is 0.185 e. The van der Waals surface area contributed by atoms with Crippen LogP contribution < -0.4 is 10.2 Å². The minimum Gasteiger partial charge on any atom is -0.348 e. The molecule has 4 heteroatoms. The average Bonchev–Trinajstić information content (AvgIpc) is 3.32. The van der Waals surface area contributed by atoms with Gasteiger partial charge in [0.05, 0.1) is 5.69 Å². The van der Waals surface area contributed by atoms with Gasteiger partial charge in [0.25, 0.3) is 0 Å². The van der Waals surface area contributed by atoms with Gasteiger partial charge >= 0.3 is 0 Å². The van der Waals surface area contributed by atoms with Crippen molar-refractivity contribution in [2.45, 2.75) is 64.0 Å². The van der Waals surface area contributed by atoms with E-state index in [1.54, 1.807) is 0 Å². The molecule has 1 N–H and O–H groups in total. The van der Waals surface area contributed by atoms with E-state index < -0.39 is 0 Å². The van der Waals surface area contributed by atoms with Gasteiger partial charge in [0.2, 0.25) is 0 Å². The van der Waals surface area contributed by atoms with Gasteiger partial charge in [0.1, 0.15) is 0 Å². The van der Waals surface area contributed by atoms with Gasteiger partial charge in [-0.1, -0.05) is 0 Å². The maximum atomic E-state index is 5.03. The molecule has 1 heterocycles. The highest BCUT2D eigenvalue weighted by molar-refractivity contribution is 7.15. The lowest BCUT2D eigenvalue weighted by molar-refractivity contribution is 0.688. The van der Waals surface area contributed by atoms with Crippen molar-refractivity contribution in [2.24, 2.45) is 5.92 Å². The van der Waals surface area contributed by atoms with Gasteiger partial charge in [-0.2, -0.15) is 0 Å². The van der Waals surface area contributed by atoms with Crippen LogP contribution in [0.15, 0.2) is 0 Å². The van der Waals surface area contributed by atoms with Crippen molar-refractivity contribution in [3.8, 4) is 0 Å². The first-order chi connectivity index (χ1) is 9.83. The van der Waals surface area contributed by atoms with Gasteiger partial charge in [0, 0.05) is 36.5 Å². The lowest BCUT2D eigenvalue weighted by Crippen LogP contribution is -2.24. The van der Waals surface area contributed by atoms with Crippen LogP contribution in [-0.4, -0.2) is 24.1 Å². The van der Waals surface area contributed by atoms with Crippen LogP contribution >= 0.6 is 11.3 Å². The van der Waals surface area contributed by atoms with E-state index in [1.807, 2.05) is 11.3 Å². The van der Waals surface area contributed by atoms with Crippen LogP contribution in [0.4, 0.5) is 5.13 Å². The molecule has 0 unspecified atom stereocenters. The van der Waals surface area contributed by atoms with E-state index in [0.29, 0.717) is 0 Å². The fourth-order valence-electron chi connectivity index (χ4n) is 2.77. The monoisotopic (exact) mass is 291 g/mol. The number of nitrogens with zero attached hydrogens (tertiary/aromatic N) is 2. The third-order valence-electron chi connectivity index (χ3n) is 4.64. The highest BCUT2D eigenvalue weighted by Gasteiger charge is 2.32. The topological polar surface area (TPSA) is 28.2 Å². The molecule has 3 nitrogen and oxygen atoms in total. The van der Waals surface area contributed by atoms with E-state index in [2.05, 4.69) is 17.1 Å². The second kappa shape index (κ2) is 5.30. The van der Waals surface area contributed by atoms with Crippen LogP contribution in [-0.2, 0) is 6.54 Å². The van der Waals surface area contributed by atoms with Crippen molar-refractivity contribution in [1.82, 2.24) is 10.3 Å². The molecular weight excluding hydrogens is 266 g/mol. The number of anilines is 1. The third-order valence-corrected chi connectivity index (χ3v) is 5.77. The van der Waals surface area contributed by atoms with Crippen molar-refractivity contribution in [1.29, 1.82) is 0 Å². The van der Waals surface area contributed by atoms with E-state index in [4.69, 9.17) is 4.98 Å². The highest BCUT2D eigenvalue weighted by atomic mass is 32.1. The molecule has 0 radical (unpaired) electrons. The van der Waals surface area contributed by atoms with Crippen LogP contribution in [0, 0.1) is 5.92 Å². The van der Waals surface area contributed by atoms with Gasteiger partial charge in [0.15, 0.2) is 5.13 Å². The number of hydrogen-bond donors (Lipinski definition) is 1. The zero-order chi connectivity index (χ0) is 13.5. The van der Waals surface area contributed by atoms with Crippen LogP contribution in [0.3, 0.4) is 0 Å². The molecule has 4 rings (SSSR count). The van der Waals surface area contributed by atoms with Gasteiger partial charge in [-0.3, -0.25) is 0 Å². The predicted octanol–water partition coefficient (Wildman–Crippen LogP) is 3.51. The standard InChI is InChI=1S/C16H25N3S/c1-2-19(10-11-3-4-11)16-18-15(12-5-6-12)14(20-16)9-17-13-7-8-13/h11-13,17H,2-10H2,1H3. The molecular formula is C16H25N3S. The molecule has 0 spiro atoms. The van der Waals surface area contributed by atoms with Crippen molar-refractivity contribution in [2.75, 3.05) is 18.0 Å². The number of rotatable bonds is 8. The molecule has 0 aliphatic heterocycles. The summed E-state index contributed by atoms with van der Waals surface area (Å²) in [6.07, 6.45) is 8.30. The molecule has 3 saturated carbocycles. The Balaban J connectivity index is 1.50. The minimum atomic E-state index is 0.774. The summed E-state index contributed by atoms with van der Waals surface area (Å²) in [5.41, 5.74) is 1.42. The maximum Gasteiger partial charge on any atom is 0.185 e. The molecule has 3 aliphatic carbocycles. The Labute approximate surface area is 125 Å². The second-order valence-electron chi connectivity index (χ2n) is 6.72. The molecule has 110 valence electrons. The predicted molar refractivity (Wildman–Crippen MR) is 84.6 cm³/mol. The molecule has 1 aromatic rings. The molecule has 0 amide bonds. The van der Waals surface area contributed by atoms with Crippen LogP contribution in [0.1, 0.15) is 61.9 Å². The summed E-state index contributed by atoms with van der Waals surface area (Å²) < 4.78 is 0. The first-order valence-electron chi connectivity index (χ1n) is 8.31. The molecule has 20 heavy (non-hydrogen) atoms. The fourth-order valence-corrected chi connectivity index (χ4v) is 3.94. The Kier molecular flexibility index (Phi) is 3.47. The van der Waals surface area contributed by atoms with Crippen molar-refractivity contribution < 1.29 is 0 Å². The largest absolute Gasteiger partial charge is 0.348 e. The van der Waals surface area contributed by atoms with Gasteiger partial charge in [-0.15, -0.1) is 11.3 Å². The first kappa shape index (κ1) is 13.1. The number of nitrogens with one attached hydrogen (secondary N) is 1. The molecule has 1 aromatic heterocycles. The lowest BCUT2D eigenvalue weighted by atomic mass is 10.2. The molecule has 0 bridgehead atoms. The average molecular weight is 291 g/mol. The molecule has 0 saturated heterocycles. The van der Waals surface area contributed by atoms with Crippen LogP contribution in [0.25, 0.3) is 0 Å². The summed E-state index contributed by atoms with van der Waals surface area (Å²) in [5.74, 6) is 1.71. The van der Waals surface area contributed by atoms with E-state index in [9.17, 15) is 0 Å². The quantitative estimate of drug-likeness (QED) is 0.794. The fraction of sp³-hybridized carbons (Fsp3) is 0.812. The Morgan fingerprint density at radius 2 is 2.00 bits per heavy atom. The van der Waals surface area contributed by atoms with Crippen LogP contribution in [0.5, 0.6) is 0 Å². The summed E-state index contributed by atoms with van der Waals surface area (Å²) in [6, 6.07) is 0.793. The van der Waals surface area contributed by atoms with E-state index in [-0.39, 0.29) is 0 Å². The summed E-state index contributed by atoms with van der Waals surface area (Å²) in [7, 11) is 0. The maximum absolute atomic E-state index is 5.03. The Morgan fingerprint density at radius 3 is 2.60 bits per heavy atom. The van der Waals surface area contributed by atoms with Gasteiger partial charge < -0.3 is 10.2 Å². The molecule has 3 aliphatic rings. The number of hydrogen-bond acceptors (Lipinski definition) is 4. The molecule has 0 atom stereocenters. The summed E-state index contributed by atoms with van der Waals surface area (Å²) >= 11 is 1.95. The third kappa shape index (κ3) is 3.01. The Morgan fingerprint density at radius 1 is 1.20 bits per heavy atom. The second-order valence-corrected chi connectivity index (χ2v) is 7.78. The van der Waals surface area contributed by atoms with Crippen molar-refractivity contribution >= 4 is 16.5 Å². The van der Waals surface area contributed by atoms with Gasteiger partial charge in [-0.25, -0.2) is 4.98 Å². The van der Waals surface area contributed by atoms with Crippen LogP contribution in [0.2, 0.25) is 0 Å². The molecule has 0 aromatic carbocycles. The minimum absolute atomic E-state index is 0.774. The van der Waals surface area contributed by atoms with Crippen molar-refractivity contribution in [3.05, 3.63) is 10.6 Å². The number of thiazole rings is 1. The number of aromatic nitrogens is 1. The van der Waals surface area contributed by atoms with E-state index in [1.165, 1.54) is 60.8 Å². The van der Waals surface area contributed by atoms with E-state index in [0.717, 1.165) is 31.0 Å². The van der Waals surface area contributed by atoms with E-state index >= 15 is 0 Å². The Bertz CT molecular complexity index is 472. The molecule has 3 fully saturated rings. The van der Waals surface area contributed by atoms with Crippen molar-refractivity contribution in [3.63, 3.8) is 0 Å². The summed E-state index contributed by atoms with van der Waals surface area (Å²) in [5, 5.41) is 4.96. The first-order valence-corrected chi connectivity index (χ1v) is 9.13. The highest BCUT2D eigenvalue weighted by Crippen LogP contribution is 2.44.